The maximum atomic E-state index is 11.2. The zero-order valence-electron chi connectivity index (χ0n) is 7.43. The quantitative estimate of drug-likeness (QED) is 0.542. The molecule has 0 unspecified atom stereocenters. The van der Waals surface area contributed by atoms with Crippen molar-refractivity contribution in [2.75, 3.05) is 33.4 Å². The van der Waals surface area contributed by atoms with Gasteiger partial charge in [0.25, 0.3) is 0 Å². The number of hydrogen-bond acceptors (Lipinski definition) is 3. The lowest BCUT2D eigenvalue weighted by Crippen LogP contribution is -2.50. The van der Waals surface area contributed by atoms with Crippen LogP contribution in [0.3, 0.4) is 0 Å². The number of ether oxygens (including phenoxy) is 1. The van der Waals surface area contributed by atoms with Gasteiger partial charge in [-0.1, -0.05) is 0 Å². The summed E-state index contributed by atoms with van der Waals surface area (Å²) in [6.45, 7) is 3.10. The summed E-state index contributed by atoms with van der Waals surface area (Å²) in [5.41, 5.74) is 0. The molecule has 2 N–H and O–H groups in total. The maximum absolute atomic E-state index is 11.2. The summed E-state index contributed by atoms with van der Waals surface area (Å²) >= 11 is 0. The average molecular weight is 172 g/mol. The van der Waals surface area contributed by atoms with E-state index in [9.17, 15) is 4.79 Å². The number of carbonyl (C=O) groups is 1. The molecule has 1 fully saturated rings. The number of amides is 1. The highest BCUT2D eigenvalue weighted by Crippen LogP contribution is 2.01. The van der Waals surface area contributed by atoms with E-state index in [1.807, 2.05) is 0 Å². The summed E-state index contributed by atoms with van der Waals surface area (Å²) in [4.78, 5) is 11.2. The molecule has 0 spiro atoms. The Hall–Kier alpha value is -0.610. The van der Waals surface area contributed by atoms with E-state index in [-0.39, 0.29) is 11.8 Å². The molecule has 1 amide bonds. The monoisotopic (exact) mass is 172 g/mol. The van der Waals surface area contributed by atoms with Gasteiger partial charge in [-0.05, 0) is 6.42 Å². The van der Waals surface area contributed by atoms with Crippen molar-refractivity contribution in [2.45, 2.75) is 6.42 Å². The molecule has 0 aliphatic carbocycles. The van der Waals surface area contributed by atoms with Gasteiger partial charge in [-0.2, -0.15) is 0 Å². The molecule has 1 saturated heterocycles. The molecule has 0 atom stereocenters. The predicted octanol–water partition coefficient (Wildman–Crippen LogP) is -0.641. The van der Waals surface area contributed by atoms with E-state index in [2.05, 4.69) is 10.6 Å². The molecule has 0 radical (unpaired) electrons. The first-order valence-corrected chi connectivity index (χ1v) is 4.32. The Morgan fingerprint density at radius 1 is 1.67 bits per heavy atom. The first kappa shape index (κ1) is 9.48. The Kier molecular flexibility index (Phi) is 4.04. The normalized spacial score (nSPS) is 17.1. The van der Waals surface area contributed by atoms with Crippen molar-refractivity contribution in [3.05, 3.63) is 0 Å². The summed E-state index contributed by atoms with van der Waals surface area (Å²) in [5, 5.41) is 5.92. The third-order valence-electron chi connectivity index (χ3n) is 1.98. The molecule has 70 valence electrons. The molecule has 0 aromatic heterocycles. The first-order valence-electron chi connectivity index (χ1n) is 4.32. The number of nitrogens with one attached hydrogen (secondary N) is 2. The fourth-order valence-corrected chi connectivity index (χ4v) is 1.05. The lowest BCUT2D eigenvalue weighted by molar-refractivity contribution is -0.126. The molecule has 4 heteroatoms. The second kappa shape index (κ2) is 5.11. The molecule has 1 aliphatic rings. The third kappa shape index (κ3) is 2.79. The number of hydrogen-bond donors (Lipinski definition) is 2. The molecule has 12 heavy (non-hydrogen) atoms. The van der Waals surface area contributed by atoms with Crippen LogP contribution >= 0.6 is 0 Å². The van der Waals surface area contributed by atoms with Gasteiger partial charge in [-0.15, -0.1) is 0 Å². The van der Waals surface area contributed by atoms with Crippen LogP contribution in [0.15, 0.2) is 0 Å². The topological polar surface area (TPSA) is 50.4 Å². The van der Waals surface area contributed by atoms with Gasteiger partial charge < -0.3 is 15.4 Å². The lowest BCUT2D eigenvalue weighted by Gasteiger charge is -2.25. The zero-order chi connectivity index (χ0) is 8.81. The SMILES string of the molecule is COCCCNC(=O)C1CNC1. The van der Waals surface area contributed by atoms with Crippen LogP contribution in [0.4, 0.5) is 0 Å². The summed E-state index contributed by atoms with van der Waals surface area (Å²) in [6.07, 6.45) is 0.891. The van der Waals surface area contributed by atoms with Crippen LogP contribution < -0.4 is 10.6 Å². The van der Waals surface area contributed by atoms with E-state index < -0.39 is 0 Å². The van der Waals surface area contributed by atoms with E-state index in [1.165, 1.54) is 0 Å². The molecule has 0 aromatic rings. The molecule has 0 aromatic carbocycles. The summed E-state index contributed by atoms with van der Waals surface area (Å²) < 4.78 is 4.86. The molecule has 1 heterocycles. The Balaban J connectivity index is 1.94. The second-order valence-electron chi connectivity index (χ2n) is 2.99. The summed E-state index contributed by atoms with van der Waals surface area (Å²) in [5.74, 6) is 0.373. The third-order valence-corrected chi connectivity index (χ3v) is 1.98. The van der Waals surface area contributed by atoms with Crippen LogP contribution in [0.25, 0.3) is 0 Å². The first-order chi connectivity index (χ1) is 5.84. The van der Waals surface area contributed by atoms with Crippen molar-refractivity contribution < 1.29 is 9.53 Å². The molecular formula is C8H16N2O2. The number of methoxy groups -OCH3 is 1. The Morgan fingerprint density at radius 3 is 2.92 bits per heavy atom. The van der Waals surface area contributed by atoms with Crippen LogP contribution in [0.2, 0.25) is 0 Å². The molecule has 4 nitrogen and oxygen atoms in total. The van der Waals surface area contributed by atoms with Gasteiger partial charge in [0.2, 0.25) is 5.91 Å². The van der Waals surface area contributed by atoms with Gasteiger partial charge in [0.15, 0.2) is 0 Å². The van der Waals surface area contributed by atoms with Crippen LogP contribution in [0, 0.1) is 5.92 Å². The molecular weight excluding hydrogens is 156 g/mol. The van der Waals surface area contributed by atoms with E-state index >= 15 is 0 Å². The highest BCUT2D eigenvalue weighted by atomic mass is 16.5. The van der Waals surface area contributed by atoms with E-state index in [1.54, 1.807) is 7.11 Å². The smallest absolute Gasteiger partial charge is 0.225 e. The van der Waals surface area contributed by atoms with Crippen LogP contribution in [0.5, 0.6) is 0 Å². The fraction of sp³-hybridized carbons (Fsp3) is 0.875. The van der Waals surface area contributed by atoms with E-state index in [4.69, 9.17) is 4.74 Å². The minimum Gasteiger partial charge on any atom is -0.385 e. The predicted molar refractivity (Wildman–Crippen MR) is 45.9 cm³/mol. The largest absolute Gasteiger partial charge is 0.385 e. The molecule has 0 saturated carbocycles. The van der Waals surface area contributed by atoms with E-state index in [0.29, 0.717) is 6.61 Å². The van der Waals surface area contributed by atoms with Crippen molar-refractivity contribution in [3.8, 4) is 0 Å². The van der Waals surface area contributed by atoms with Gasteiger partial charge in [0, 0.05) is 33.4 Å². The number of rotatable bonds is 5. The van der Waals surface area contributed by atoms with Crippen molar-refractivity contribution in [3.63, 3.8) is 0 Å². The molecule has 1 rings (SSSR count). The van der Waals surface area contributed by atoms with Crippen molar-refractivity contribution in [1.29, 1.82) is 0 Å². The standard InChI is InChI=1S/C8H16N2O2/c1-12-4-2-3-10-8(11)7-5-9-6-7/h7,9H,2-6H2,1H3,(H,10,11). The Morgan fingerprint density at radius 2 is 2.42 bits per heavy atom. The zero-order valence-corrected chi connectivity index (χ0v) is 7.43. The van der Waals surface area contributed by atoms with Crippen LogP contribution in [0.1, 0.15) is 6.42 Å². The molecule has 0 bridgehead atoms. The van der Waals surface area contributed by atoms with Crippen LogP contribution in [-0.4, -0.2) is 39.3 Å². The van der Waals surface area contributed by atoms with Gasteiger partial charge >= 0.3 is 0 Å². The lowest BCUT2D eigenvalue weighted by atomic mass is 10.0. The second-order valence-corrected chi connectivity index (χ2v) is 2.99. The van der Waals surface area contributed by atoms with Crippen molar-refractivity contribution in [2.24, 2.45) is 5.92 Å². The van der Waals surface area contributed by atoms with Gasteiger partial charge in [-0.3, -0.25) is 4.79 Å². The van der Waals surface area contributed by atoms with Gasteiger partial charge in [0.05, 0.1) is 5.92 Å². The maximum Gasteiger partial charge on any atom is 0.225 e. The average Bonchev–Trinajstić information content (AvgIpc) is 1.95. The van der Waals surface area contributed by atoms with Gasteiger partial charge in [-0.25, -0.2) is 0 Å². The Labute approximate surface area is 72.7 Å². The fourth-order valence-electron chi connectivity index (χ4n) is 1.05. The van der Waals surface area contributed by atoms with E-state index in [0.717, 1.165) is 26.1 Å². The Bertz CT molecular complexity index is 146. The summed E-state index contributed by atoms with van der Waals surface area (Å²) in [6, 6.07) is 0. The minimum absolute atomic E-state index is 0.171. The van der Waals surface area contributed by atoms with Crippen molar-refractivity contribution >= 4 is 5.91 Å². The highest BCUT2D eigenvalue weighted by molar-refractivity contribution is 5.79. The van der Waals surface area contributed by atoms with Crippen LogP contribution in [-0.2, 0) is 9.53 Å². The highest BCUT2D eigenvalue weighted by Gasteiger charge is 2.23. The van der Waals surface area contributed by atoms with Gasteiger partial charge in [0.1, 0.15) is 0 Å². The number of carbonyl (C=O) groups excluding carboxylic acids is 1. The minimum atomic E-state index is 0.171. The molecule has 1 aliphatic heterocycles. The van der Waals surface area contributed by atoms with Crippen molar-refractivity contribution in [1.82, 2.24) is 10.6 Å². The summed E-state index contributed by atoms with van der Waals surface area (Å²) in [7, 11) is 1.66.